The van der Waals surface area contributed by atoms with E-state index in [-0.39, 0.29) is 11.7 Å². The fraction of sp³-hybridized carbons (Fsp3) is 0.333. The van der Waals surface area contributed by atoms with Crippen LogP contribution in [0.5, 0.6) is 0 Å². The summed E-state index contributed by atoms with van der Waals surface area (Å²) in [5.74, 6) is 1.01. The van der Waals surface area contributed by atoms with Gasteiger partial charge in [-0.3, -0.25) is 9.78 Å². The van der Waals surface area contributed by atoms with Crippen LogP contribution in [-0.2, 0) is 11.3 Å². The van der Waals surface area contributed by atoms with E-state index in [0.717, 1.165) is 41.9 Å². The highest BCUT2D eigenvalue weighted by Gasteiger charge is 2.15. The Morgan fingerprint density at radius 2 is 1.79 bits per heavy atom. The number of carbonyl (C=O) groups is 1. The molecule has 1 saturated heterocycles. The lowest BCUT2D eigenvalue weighted by molar-refractivity contribution is -0.113. The zero-order valence-corrected chi connectivity index (χ0v) is 17.2. The third kappa shape index (κ3) is 4.59. The van der Waals surface area contributed by atoms with Crippen LogP contribution in [0, 0.1) is 0 Å². The number of pyridine rings is 1. The number of benzene rings is 1. The highest BCUT2D eigenvalue weighted by atomic mass is 32.2. The fourth-order valence-corrected chi connectivity index (χ4v) is 4.26. The number of hydrogen-bond donors (Lipinski definition) is 1. The van der Waals surface area contributed by atoms with E-state index in [9.17, 15) is 4.79 Å². The van der Waals surface area contributed by atoms with Gasteiger partial charge in [0.25, 0.3) is 0 Å². The second-order valence-electron chi connectivity index (χ2n) is 6.86. The topological polar surface area (TPSA) is 75.9 Å². The van der Waals surface area contributed by atoms with Gasteiger partial charge in [0.2, 0.25) is 5.91 Å². The van der Waals surface area contributed by atoms with Gasteiger partial charge in [-0.1, -0.05) is 11.8 Å². The first-order chi connectivity index (χ1) is 14.2. The number of aromatic nitrogens is 4. The van der Waals surface area contributed by atoms with Crippen molar-refractivity contribution in [1.29, 1.82) is 0 Å². The number of hydrogen-bond acceptors (Lipinski definition) is 6. The molecular weight excluding hydrogens is 384 g/mol. The van der Waals surface area contributed by atoms with E-state index >= 15 is 0 Å². The molecule has 3 heterocycles. The summed E-state index contributed by atoms with van der Waals surface area (Å²) in [5.41, 5.74) is 2.99. The van der Waals surface area contributed by atoms with Crippen LogP contribution in [-0.4, -0.2) is 44.5 Å². The average molecular weight is 409 g/mol. The minimum atomic E-state index is -0.0555. The lowest BCUT2D eigenvalue weighted by atomic mass is 10.2. The van der Waals surface area contributed by atoms with Crippen molar-refractivity contribution in [1.82, 2.24) is 19.7 Å². The first-order valence-corrected chi connectivity index (χ1v) is 10.8. The number of amides is 1. The first kappa shape index (κ1) is 19.4. The summed E-state index contributed by atoms with van der Waals surface area (Å²) in [5, 5.41) is 12.3. The van der Waals surface area contributed by atoms with Crippen molar-refractivity contribution in [3.8, 4) is 11.4 Å². The Bertz CT molecular complexity index is 951. The molecule has 1 N–H and O–H groups in total. The second-order valence-corrected chi connectivity index (χ2v) is 7.81. The number of anilines is 2. The Balaban J connectivity index is 1.35. The van der Waals surface area contributed by atoms with Crippen molar-refractivity contribution in [3.63, 3.8) is 0 Å². The van der Waals surface area contributed by atoms with Gasteiger partial charge in [0.15, 0.2) is 11.0 Å². The molecule has 7 nitrogen and oxygen atoms in total. The molecule has 1 fully saturated rings. The highest BCUT2D eigenvalue weighted by Crippen LogP contribution is 2.24. The molecule has 0 unspecified atom stereocenters. The smallest absolute Gasteiger partial charge is 0.234 e. The minimum absolute atomic E-state index is 0.0555. The maximum atomic E-state index is 12.4. The van der Waals surface area contributed by atoms with Crippen molar-refractivity contribution in [2.45, 2.75) is 31.5 Å². The molecule has 0 bridgehead atoms. The van der Waals surface area contributed by atoms with Gasteiger partial charge in [0.05, 0.1) is 5.75 Å². The summed E-state index contributed by atoms with van der Waals surface area (Å²) in [6, 6.07) is 11.9. The van der Waals surface area contributed by atoms with Crippen molar-refractivity contribution in [3.05, 3.63) is 48.8 Å². The Morgan fingerprint density at radius 3 is 2.48 bits per heavy atom. The van der Waals surface area contributed by atoms with Crippen LogP contribution < -0.4 is 10.2 Å². The third-order valence-electron chi connectivity index (χ3n) is 4.93. The van der Waals surface area contributed by atoms with Crippen LogP contribution in [0.25, 0.3) is 11.4 Å². The predicted molar refractivity (Wildman–Crippen MR) is 116 cm³/mol. The number of rotatable bonds is 7. The van der Waals surface area contributed by atoms with Crippen molar-refractivity contribution in [2.24, 2.45) is 0 Å². The summed E-state index contributed by atoms with van der Waals surface area (Å²) in [6.07, 6.45) is 5.97. The second kappa shape index (κ2) is 9.09. The number of thioether (sulfide) groups is 1. The lowest BCUT2D eigenvalue weighted by Crippen LogP contribution is -2.18. The molecule has 0 aliphatic carbocycles. The van der Waals surface area contributed by atoms with Gasteiger partial charge in [-0.15, -0.1) is 10.2 Å². The Morgan fingerprint density at radius 1 is 1.07 bits per heavy atom. The monoisotopic (exact) mass is 408 g/mol. The van der Waals surface area contributed by atoms with E-state index in [1.54, 1.807) is 12.4 Å². The Kier molecular flexibility index (Phi) is 6.09. The van der Waals surface area contributed by atoms with Crippen LogP contribution in [0.2, 0.25) is 0 Å². The molecule has 8 heteroatoms. The van der Waals surface area contributed by atoms with E-state index in [1.807, 2.05) is 35.8 Å². The van der Waals surface area contributed by atoms with Gasteiger partial charge in [-0.05, 0) is 56.2 Å². The van der Waals surface area contributed by atoms with Crippen LogP contribution in [0.15, 0.2) is 53.9 Å². The van der Waals surface area contributed by atoms with Crippen LogP contribution >= 0.6 is 11.8 Å². The normalized spacial score (nSPS) is 13.6. The molecule has 1 aliphatic heterocycles. The molecule has 0 spiro atoms. The molecule has 4 rings (SSSR count). The summed E-state index contributed by atoms with van der Waals surface area (Å²) in [6.45, 7) is 5.00. The lowest BCUT2D eigenvalue weighted by Gasteiger charge is -2.17. The molecule has 2 aromatic heterocycles. The molecule has 150 valence electrons. The van der Waals surface area contributed by atoms with Crippen molar-refractivity contribution >= 4 is 29.0 Å². The van der Waals surface area contributed by atoms with Crippen LogP contribution in [0.4, 0.5) is 11.4 Å². The maximum Gasteiger partial charge on any atom is 0.234 e. The molecule has 1 amide bonds. The zero-order chi connectivity index (χ0) is 20.1. The van der Waals surface area contributed by atoms with E-state index in [1.165, 1.54) is 30.3 Å². The molecule has 0 atom stereocenters. The fourth-order valence-electron chi connectivity index (χ4n) is 3.45. The SMILES string of the molecule is CCn1c(SCC(=O)Nc2ccc(N3CCCC3)cc2)nnc1-c1ccncc1. The van der Waals surface area contributed by atoms with Gasteiger partial charge in [-0.2, -0.15) is 0 Å². The molecule has 1 aliphatic rings. The third-order valence-corrected chi connectivity index (χ3v) is 5.89. The standard InChI is InChI=1S/C21H24N6OS/c1-2-27-20(16-9-11-22-12-10-16)24-25-21(27)29-15-19(28)23-17-5-7-18(8-6-17)26-13-3-4-14-26/h5-12H,2-4,13-15H2,1H3,(H,23,28). The van der Waals surface area contributed by atoms with E-state index in [2.05, 4.69) is 37.5 Å². The van der Waals surface area contributed by atoms with Crippen molar-refractivity contribution < 1.29 is 4.79 Å². The quantitative estimate of drug-likeness (QED) is 0.601. The Labute approximate surface area is 174 Å². The first-order valence-electron chi connectivity index (χ1n) is 9.86. The average Bonchev–Trinajstić information content (AvgIpc) is 3.43. The van der Waals surface area contributed by atoms with E-state index < -0.39 is 0 Å². The summed E-state index contributed by atoms with van der Waals surface area (Å²) in [4.78, 5) is 18.8. The molecule has 0 saturated carbocycles. The summed E-state index contributed by atoms with van der Waals surface area (Å²) >= 11 is 1.39. The number of nitrogens with one attached hydrogen (secondary N) is 1. The number of nitrogens with zero attached hydrogens (tertiary/aromatic N) is 5. The van der Waals surface area contributed by atoms with Gasteiger partial charge < -0.3 is 14.8 Å². The zero-order valence-electron chi connectivity index (χ0n) is 16.4. The molecule has 0 radical (unpaired) electrons. The highest BCUT2D eigenvalue weighted by molar-refractivity contribution is 7.99. The predicted octanol–water partition coefficient (Wildman–Crippen LogP) is 3.69. The van der Waals surface area contributed by atoms with Crippen LogP contribution in [0.1, 0.15) is 19.8 Å². The van der Waals surface area contributed by atoms with Gasteiger partial charge in [-0.25, -0.2) is 0 Å². The van der Waals surface area contributed by atoms with E-state index in [4.69, 9.17) is 0 Å². The Hall–Kier alpha value is -2.87. The van der Waals surface area contributed by atoms with Gasteiger partial charge in [0, 0.05) is 49.0 Å². The molecule has 1 aromatic carbocycles. The maximum absolute atomic E-state index is 12.4. The van der Waals surface area contributed by atoms with E-state index in [0.29, 0.717) is 0 Å². The molecular formula is C21H24N6OS. The van der Waals surface area contributed by atoms with Gasteiger partial charge in [0.1, 0.15) is 0 Å². The van der Waals surface area contributed by atoms with Crippen LogP contribution in [0.3, 0.4) is 0 Å². The van der Waals surface area contributed by atoms with Gasteiger partial charge >= 0.3 is 0 Å². The summed E-state index contributed by atoms with van der Waals surface area (Å²) < 4.78 is 2.01. The van der Waals surface area contributed by atoms with Crippen molar-refractivity contribution in [2.75, 3.05) is 29.1 Å². The largest absolute Gasteiger partial charge is 0.372 e. The summed E-state index contributed by atoms with van der Waals surface area (Å²) in [7, 11) is 0. The molecule has 29 heavy (non-hydrogen) atoms. The minimum Gasteiger partial charge on any atom is -0.372 e. The number of carbonyl (C=O) groups excluding carboxylic acids is 1. The molecule has 3 aromatic rings.